The number of aromatic carboxylic acids is 1. The Morgan fingerprint density at radius 2 is 1.47 bits per heavy atom. The van der Waals surface area contributed by atoms with E-state index in [1.54, 1.807) is 48.5 Å². The van der Waals surface area contributed by atoms with E-state index in [1.165, 1.54) is 24.3 Å². The van der Waals surface area contributed by atoms with Crippen molar-refractivity contribution < 1.29 is 24.1 Å². The molecule has 9 heteroatoms. The van der Waals surface area contributed by atoms with Crippen LogP contribution >= 0.6 is 0 Å². The van der Waals surface area contributed by atoms with Crippen LogP contribution in [0.1, 0.15) is 10.4 Å². The lowest BCUT2D eigenvalue weighted by Crippen LogP contribution is -1.95. The van der Waals surface area contributed by atoms with E-state index >= 15 is 0 Å². The second-order valence-corrected chi connectivity index (χ2v) is 6.18. The van der Waals surface area contributed by atoms with E-state index in [1.807, 2.05) is 0 Å². The molecule has 0 aliphatic heterocycles. The summed E-state index contributed by atoms with van der Waals surface area (Å²) in [5.74, 6) is 0.673. The fourth-order valence-corrected chi connectivity index (χ4v) is 2.66. The van der Waals surface area contributed by atoms with Gasteiger partial charge in [-0.05, 0) is 60.7 Å². The van der Waals surface area contributed by atoms with Crippen molar-refractivity contribution in [2.45, 2.75) is 0 Å². The Balaban J connectivity index is 1.48. The fourth-order valence-electron chi connectivity index (χ4n) is 2.66. The van der Waals surface area contributed by atoms with Crippen molar-refractivity contribution in [1.29, 1.82) is 0 Å². The molecule has 0 atom stereocenters. The molecule has 9 nitrogen and oxygen atoms in total. The molecule has 3 aromatic carbocycles. The molecule has 4 aromatic rings. The first-order valence-corrected chi connectivity index (χ1v) is 8.70. The van der Waals surface area contributed by atoms with Crippen molar-refractivity contribution in [2.75, 3.05) is 0 Å². The predicted molar refractivity (Wildman–Crippen MR) is 105 cm³/mol. The van der Waals surface area contributed by atoms with Gasteiger partial charge in [0.15, 0.2) is 0 Å². The zero-order chi connectivity index (χ0) is 21.1. The molecule has 0 spiro atoms. The van der Waals surface area contributed by atoms with Crippen LogP contribution < -0.4 is 4.74 Å². The Labute approximate surface area is 169 Å². The van der Waals surface area contributed by atoms with Gasteiger partial charge in [0.05, 0.1) is 10.5 Å². The summed E-state index contributed by atoms with van der Waals surface area (Å²) in [6.07, 6.45) is 0. The van der Waals surface area contributed by atoms with Gasteiger partial charge in [-0.3, -0.25) is 10.1 Å². The van der Waals surface area contributed by atoms with E-state index in [0.29, 0.717) is 28.5 Å². The maximum Gasteiger partial charge on any atom is 0.335 e. The first kappa shape index (κ1) is 18.8. The number of hydrogen-bond acceptors (Lipinski definition) is 7. The number of rotatable bonds is 6. The van der Waals surface area contributed by atoms with Gasteiger partial charge in [0, 0.05) is 23.3 Å². The van der Waals surface area contributed by atoms with Gasteiger partial charge < -0.3 is 14.4 Å². The minimum absolute atomic E-state index is 0.0216. The zero-order valence-electron chi connectivity index (χ0n) is 15.3. The van der Waals surface area contributed by atoms with Gasteiger partial charge in [0.2, 0.25) is 5.82 Å². The molecule has 0 saturated heterocycles. The van der Waals surface area contributed by atoms with E-state index in [2.05, 4.69) is 10.1 Å². The smallest absolute Gasteiger partial charge is 0.335 e. The van der Waals surface area contributed by atoms with Crippen LogP contribution in [0.2, 0.25) is 0 Å². The first-order valence-electron chi connectivity index (χ1n) is 8.70. The van der Waals surface area contributed by atoms with Gasteiger partial charge in [-0.2, -0.15) is 4.98 Å². The number of carboxylic acid groups (broad SMARTS) is 1. The highest BCUT2D eigenvalue weighted by Crippen LogP contribution is 2.27. The summed E-state index contributed by atoms with van der Waals surface area (Å²) in [5, 5.41) is 23.6. The Morgan fingerprint density at radius 1 is 0.900 bits per heavy atom. The molecule has 0 unspecified atom stereocenters. The minimum Gasteiger partial charge on any atom is -0.478 e. The molecule has 1 heterocycles. The number of nitro benzene ring substituents is 1. The maximum absolute atomic E-state index is 10.9. The number of nitro groups is 1. The highest BCUT2D eigenvalue weighted by Gasteiger charge is 2.13. The van der Waals surface area contributed by atoms with Crippen LogP contribution in [0, 0.1) is 10.1 Å². The minimum atomic E-state index is -1.00. The van der Waals surface area contributed by atoms with Gasteiger partial charge in [-0.15, -0.1) is 0 Å². The molecule has 1 aromatic heterocycles. The van der Waals surface area contributed by atoms with Crippen LogP contribution in [-0.4, -0.2) is 26.1 Å². The lowest BCUT2D eigenvalue weighted by molar-refractivity contribution is -0.384. The van der Waals surface area contributed by atoms with Gasteiger partial charge >= 0.3 is 5.97 Å². The van der Waals surface area contributed by atoms with Crippen molar-refractivity contribution in [3.63, 3.8) is 0 Å². The number of carboxylic acids is 1. The van der Waals surface area contributed by atoms with Gasteiger partial charge in [-0.1, -0.05) is 5.16 Å². The van der Waals surface area contributed by atoms with Crippen molar-refractivity contribution in [3.05, 3.63) is 88.5 Å². The molecule has 0 fully saturated rings. The van der Waals surface area contributed by atoms with Crippen molar-refractivity contribution >= 4 is 11.7 Å². The highest BCUT2D eigenvalue weighted by molar-refractivity contribution is 5.87. The molecule has 0 aliphatic rings. The topological polar surface area (TPSA) is 129 Å². The molecular formula is C21H13N3O6. The van der Waals surface area contributed by atoms with E-state index in [9.17, 15) is 14.9 Å². The Kier molecular flexibility index (Phi) is 4.92. The van der Waals surface area contributed by atoms with Crippen LogP contribution in [0.15, 0.2) is 77.3 Å². The number of aromatic nitrogens is 2. The summed E-state index contributed by atoms with van der Waals surface area (Å²) in [5.41, 5.74) is 1.43. The predicted octanol–water partition coefficient (Wildman–Crippen LogP) is 4.80. The van der Waals surface area contributed by atoms with Crippen LogP contribution in [0.25, 0.3) is 22.8 Å². The summed E-state index contributed by atoms with van der Waals surface area (Å²) in [4.78, 5) is 25.5. The largest absolute Gasteiger partial charge is 0.478 e. The van der Waals surface area contributed by atoms with Crippen LogP contribution in [-0.2, 0) is 0 Å². The molecule has 30 heavy (non-hydrogen) atoms. The Bertz CT molecular complexity index is 1200. The standard InChI is InChI=1S/C21H13N3O6/c25-21(26)15-5-11-18(12-6-15)29-17-9-3-13(4-10-17)19-22-20(30-23-19)14-1-7-16(8-2-14)24(27)28/h1-12H,(H,25,26). The van der Waals surface area contributed by atoms with Crippen LogP contribution in [0.4, 0.5) is 5.69 Å². The number of nitrogens with zero attached hydrogens (tertiary/aromatic N) is 3. The monoisotopic (exact) mass is 403 g/mol. The van der Waals surface area contributed by atoms with E-state index in [-0.39, 0.29) is 17.1 Å². The number of non-ortho nitro benzene ring substituents is 1. The fraction of sp³-hybridized carbons (Fsp3) is 0. The molecular weight excluding hydrogens is 390 g/mol. The van der Waals surface area contributed by atoms with Gasteiger partial charge in [0.25, 0.3) is 11.6 Å². The molecule has 0 bridgehead atoms. The third-order valence-corrected chi connectivity index (χ3v) is 4.20. The Hall–Kier alpha value is -4.53. The van der Waals surface area contributed by atoms with Gasteiger partial charge in [0.1, 0.15) is 11.5 Å². The summed E-state index contributed by atoms with van der Waals surface area (Å²) in [6, 6.07) is 18.9. The lowest BCUT2D eigenvalue weighted by Gasteiger charge is -2.06. The molecule has 1 N–H and O–H groups in total. The summed E-state index contributed by atoms with van der Waals surface area (Å²) in [6.45, 7) is 0. The first-order chi connectivity index (χ1) is 14.5. The third kappa shape index (κ3) is 3.99. The summed E-state index contributed by atoms with van der Waals surface area (Å²) in [7, 11) is 0. The molecule has 0 aliphatic carbocycles. The number of carbonyl (C=O) groups is 1. The zero-order valence-corrected chi connectivity index (χ0v) is 15.3. The molecule has 148 valence electrons. The van der Waals surface area contributed by atoms with Gasteiger partial charge in [-0.25, -0.2) is 4.79 Å². The molecule has 0 saturated carbocycles. The van der Waals surface area contributed by atoms with Crippen LogP contribution in [0.5, 0.6) is 11.5 Å². The third-order valence-electron chi connectivity index (χ3n) is 4.20. The Morgan fingerprint density at radius 3 is 2.03 bits per heavy atom. The molecule has 4 rings (SSSR count). The second-order valence-electron chi connectivity index (χ2n) is 6.18. The normalized spacial score (nSPS) is 10.5. The molecule has 0 radical (unpaired) electrons. The summed E-state index contributed by atoms with van der Waals surface area (Å²) >= 11 is 0. The summed E-state index contributed by atoms with van der Waals surface area (Å²) < 4.78 is 10.9. The van der Waals surface area contributed by atoms with Crippen molar-refractivity contribution in [2.24, 2.45) is 0 Å². The van der Waals surface area contributed by atoms with Crippen LogP contribution in [0.3, 0.4) is 0 Å². The maximum atomic E-state index is 10.9. The number of benzene rings is 3. The molecule has 0 amide bonds. The van der Waals surface area contributed by atoms with E-state index < -0.39 is 10.9 Å². The average Bonchev–Trinajstić information content (AvgIpc) is 3.25. The number of hydrogen-bond donors (Lipinski definition) is 1. The quantitative estimate of drug-likeness (QED) is 0.359. The lowest BCUT2D eigenvalue weighted by atomic mass is 10.2. The highest BCUT2D eigenvalue weighted by atomic mass is 16.6. The van der Waals surface area contributed by atoms with Crippen molar-refractivity contribution in [3.8, 4) is 34.3 Å². The van der Waals surface area contributed by atoms with Crippen molar-refractivity contribution in [1.82, 2.24) is 10.1 Å². The number of ether oxygens (including phenoxy) is 1. The second kappa shape index (κ2) is 7.84. The SMILES string of the molecule is O=C(O)c1ccc(Oc2ccc(-c3noc(-c4ccc([N+](=O)[O-])cc4)n3)cc2)cc1. The average molecular weight is 403 g/mol. The van der Waals surface area contributed by atoms with E-state index in [0.717, 1.165) is 0 Å². The van der Waals surface area contributed by atoms with E-state index in [4.69, 9.17) is 14.4 Å².